The van der Waals surface area contributed by atoms with Crippen molar-refractivity contribution in [3.05, 3.63) is 57.9 Å². The summed E-state index contributed by atoms with van der Waals surface area (Å²) in [5.41, 5.74) is 2.20. The van der Waals surface area contributed by atoms with Crippen molar-refractivity contribution >= 4 is 28.1 Å². The van der Waals surface area contributed by atoms with Crippen LogP contribution in [0.15, 0.2) is 41.4 Å². The normalized spacial score (nSPS) is 15.8. The maximum absolute atomic E-state index is 12.9. The Hall–Kier alpha value is -2.03. The second kappa shape index (κ2) is 7.30. The van der Waals surface area contributed by atoms with Gasteiger partial charge in [0.05, 0.1) is 10.5 Å². The molecule has 0 saturated carbocycles. The zero-order valence-corrected chi connectivity index (χ0v) is 16.4. The van der Waals surface area contributed by atoms with Gasteiger partial charge in [0, 0.05) is 32.4 Å². The Bertz CT molecular complexity index is 991. The van der Waals surface area contributed by atoms with Gasteiger partial charge in [-0.15, -0.1) is 0 Å². The predicted molar refractivity (Wildman–Crippen MR) is 102 cm³/mol. The summed E-state index contributed by atoms with van der Waals surface area (Å²) in [4.78, 5) is 17.4. The zero-order chi connectivity index (χ0) is 18.9. The minimum absolute atomic E-state index is 0.171. The van der Waals surface area contributed by atoms with Crippen molar-refractivity contribution in [3.63, 3.8) is 0 Å². The smallest absolute Gasteiger partial charge is 0.256 e. The summed E-state index contributed by atoms with van der Waals surface area (Å²) in [5, 5.41) is 0. The Labute approximate surface area is 158 Å². The predicted octanol–water partition coefficient (Wildman–Crippen LogP) is 2.51. The average molecular weight is 392 g/mol. The number of pyridine rings is 1. The quantitative estimate of drug-likeness (QED) is 0.816. The van der Waals surface area contributed by atoms with Crippen LogP contribution >= 0.6 is 12.2 Å². The maximum Gasteiger partial charge on any atom is 0.256 e. The summed E-state index contributed by atoms with van der Waals surface area (Å²) in [6, 6.07) is 8.73. The molecule has 1 saturated heterocycles. The molecule has 1 fully saturated rings. The van der Waals surface area contributed by atoms with Crippen LogP contribution in [0.2, 0.25) is 0 Å². The fourth-order valence-electron chi connectivity index (χ4n) is 3.12. The van der Waals surface area contributed by atoms with E-state index in [-0.39, 0.29) is 19.0 Å². The second-order valence-corrected chi connectivity index (χ2v) is 8.69. The molecule has 1 aromatic heterocycles. The van der Waals surface area contributed by atoms with Crippen LogP contribution in [0.3, 0.4) is 0 Å². The largest absolute Gasteiger partial charge is 0.352 e. The number of rotatable bonds is 3. The Balaban J connectivity index is 1.75. The third-order valence-electron chi connectivity index (χ3n) is 4.52. The molecule has 26 heavy (non-hydrogen) atoms. The van der Waals surface area contributed by atoms with E-state index in [0.717, 1.165) is 11.1 Å². The first-order valence-electron chi connectivity index (χ1n) is 8.35. The molecule has 0 aliphatic carbocycles. The van der Waals surface area contributed by atoms with Crippen molar-refractivity contribution in [1.29, 1.82) is 0 Å². The molecular weight excluding hydrogens is 370 g/mol. The van der Waals surface area contributed by atoms with Crippen molar-refractivity contribution in [1.82, 2.24) is 14.2 Å². The van der Waals surface area contributed by atoms with E-state index < -0.39 is 10.0 Å². The summed E-state index contributed by atoms with van der Waals surface area (Å²) in [6.07, 6.45) is 1.67. The number of aromatic amines is 1. The first-order chi connectivity index (χ1) is 12.3. The van der Waals surface area contributed by atoms with Crippen LogP contribution in [0, 0.1) is 18.5 Å². The summed E-state index contributed by atoms with van der Waals surface area (Å²) in [7, 11) is -3.56. The minimum atomic E-state index is -3.56. The number of nitrogens with zero attached hydrogens (tertiary/aromatic N) is 2. The van der Waals surface area contributed by atoms with E-state index in [1.165, 1.54) is 4.31 Å². The van der Waals surface area contributed by atoms with Crippen LogP contribution in [-0.2, 0) is 10.0 Å². The fourth-order valence-corrected chi connectivity index (χ4v) is 4.97. The fraction of sp³-hybridized carbons (Fsp3) is 0.333. The third kappa shape index (κ3) is 3.58. The van der Waals surface area contributed by atoms with Gasteiger partial charge in [0.2, 0.25) is 10.0 Å². The highest BCUT2D eigenvalue weighted by Gasteiger charge is 2.31. The van der Waals surface area contributed by atoms with Gasteiger partial charge in [-0.1, -0.05) is 29.9 Å². The van der Waals surface area contributed by atoms with Gasteiger partial charge in [0.25, 0.3) is 5.91 Å². The highest BCUT2D eigenvalue weighted by Crippen LogP contribution is 2.22. The molecule has 0 bridgehead atoms. The van der Waals surface area contributed by atoms with E-state index in [0.29, 0.717) is 28.2 Å². The van der Waals surface area contributed by atoms with Crippen molar-refractivity contribution in [3.8, 4) is 0 Å². The number of aryl methyl sites for hydroxylation is 2. The van der Waals surface area contributed by atoms with Crippen molar-refractivity contribution < 1.29 is 13.2 Å². The highest BCUT2D eigenvalue weighted by atomic mass is 32.2. The first-order valence-corrected chi connectivity index (χ1v) is 10.2. The molecule has 2 aromatic rings. The van der Waals surface area contributed by atoms with Gasteiger partial charge in [0.15, 0.2) is 0 Å². The SMILES string of the molecule is Cc1ccc(S(=O)(=O)N2CCN(C(=O)c3ccc[nH]c3=S)CC2)c(C)c1. The van der Waals surface area contributed by atoms with Gasteiger partial charge >= 0.3 is 0 Å². The van der Waals surface area contributed by atoms with Gasteiger partial charge in [-0.2, -0.15) is 4.31 Å². The molecule has 1 aliphatic rings. The summed E-state index contributed by atoms with van der Waals surface area (Å²) < 4.78 is 27.7. The number of piperazine rings is 1. The lowest BCUT2D eigenvalue weighted by Crippen LogP contribution is -2.50. The standard InChI is InChI=1S/C18H21N3O3S2/c1-13-5-6-16(14(2)12-13)26(23,24)21-10-8-20(9-11-21)18(22)15-4-3-7-19-17(15)25/h3-7,12H,8-11H2,1-2H3,(H,19,25). The summed E-state index contributed by atoms with van der Waals surface area (Å²) in [5.74, 6) is -0.171. The van der Waals surface area contributed by atoms with E-state index in [2.05, 4.69) is 4.98 Å². The Kier molecular flexibility index (Phi) is 5.27. The van der Waals surface area contributed by atoms with Crippen LogP contribution in [-0.4, -0.2) is 54.7 Å². The molecular formula is C18H21N3O3S2. The third-order valence-corrected chi connectivity index (χ3v) is 6.92. The zero-order valence-electron chi connectivity index (χ0n) is 14.7. The number of carbonyl (C=O) groups is 1. The highest BCUT2D eigenvalue weighted by molar-refractivity contribution is 7.89. The number of carbonyl (C=O) groups excluding carboxylic acids is 1. The Morgan fingerprint density at radius 2 is 1.81 bits per heavy atom. The summed E-state index contributed by atoms with van der Waals surface area (Å²) in [6.45, 7) is 4.95. The Morgan fingerprint density at radius 1 is 1.12 bits per heavy atom. The van der Waals surface area contributed by atoms with Crippen LogP contribution in [0.1, 0.15) is 21.5 Å². The van der Waals surface area contributed by atoms with Gasteiger partial charge in [0.1, 0.15) is 4.64 Å². The number of nitrogens with one attached hydrogen (secondary N) is 1. The number of aromatic nitrogens is 1. The molecule has 8 heteroatoms. The molecule has 1 amide bonds. The van der Waals surface area contributed by atoms with E-state index >= 15 is 0 Å². The lowest BCUT2D eigenvalue weighted by atomic mass is 10.2. The molecule has 6 nitrogen and oxygen atoms in total. The molecule has 1 aromatic carbocycles. The summed E-state index contributed by atoms with van der Waals surface area (Å²) >= 11 is 5.16. The second-order valence-electron chi connectivity index (χ2n) is 6.38. The van der Waals surface area contributed by atoms with Gasteiger partial charge in [-0.05, 0) is 37.6 Å². The number of hydrogen-bond donors (Lipinski definition) is 1. The average Bonchev–Trinajstić information content (AvgIpc) is 2.61. The molecule has 0 atom stereocenters. The maximum atomic E-state index is 12.9. The monoisotopic (exact) mass is 391 g/mol. The first kappa shape index (κ1) is 18.8. The number of H-pyrrole nitrogens is 1. The molecule has 0 spiro atoms. The lowest BCUT2D eigenvalue weighted by Gasteiger charge is -2.34. The van der Waals surface area contributed by atoms with Gasteiger partial charge in [-0.3, -0.25) is 4.79 Å². The molecule has 138 valence electrons. The topological polar surface area (TPSA) is 73.5 Å². The molecule has 3 rings (SSSR count). The minimum Gasteiger partial charge on any atom is -0.352 e. The molecule has 0 unspecified atom stereocenters. The van der Waals surface area contributed by atoms with Crippen molar-refractivity contribution in [2.75, 3.05) is 26.2 Å². The number of hydrogen-bond acceptors (Lipinski definition) is 4. The number of sulfonamides is 1. The van der Waals surface area contributed by atoms with Crippen molar-refractivity contribution in [2.45, 2.75) is 18.7 Å². The van der Waals surface area contributed by atoms with E-state index in [9.17, 15) is 13.2 Å². The van der Waals surface area contributed by atoms with Crippen molar-refractivity contribution in [2.24, 2.45) is 0 Å². The molecule has 2 heterocycles. The van der Waals surface area contributed by atoms with Gasteiger partial charge < -0.3 is 9.88 Å². The van der Waals surface area contributed by atoms with Gasteiger partial charge in [-0.25, -0.2) is 8.42 Å². The Morgan fingerprint density at radius 3 is 2.42 bits per heavy atom. The van der Waals surface area contributed by atoms with E-state index in [1.807, 2.05) is 13.0 Å². The lowest BCUT2D eigenvalue weighted by molar-refractivity contribution is 0.0697. The molecule has 0 radical (unpaired) electrons. The van der Waals surface area contributed by atoms with Crippen LogP contribution in [0.4, 0.5) is 0 Å². The number of amides is 1. The van der Waals surface area contributed by atoms with E-state index in [4.69, 9.17) is 12.2 Å². The molecule has 1 aliphatic heterocycles. The van der Waals surface area contributed by atoms with Crippen LogP contribution in [0.5, 0.6) is 0 Å². The van der Waals surface area contributed by atoms with Crippen LogP contribution in [0.25, 0.3) is 0 Å². The van der Waals surface area contributed by atoms with E-state index in [1.54, 1.807) is 42.3 Å². The molecule has 1 N–H and O–H groups in total. The number of benzene rings is 1. The van der Waals surface area contributed by atoms with Crippen LogP contribution < -0.4 is 0 Å².